The van der Waals surface area contributed by atoms with E-state index in [1.807, 2.05) is 6.08 Å². The summed E-state index contributed by atoms with van der Waals surface area (Å²) in [5.74, 6) is -0.129. The molecule has 2 heteroatoms. The second-order valence-corrected chi connectivity index (χ2v) is 7.08. The highest BCUT2D eigenvalue weighted by atomic mass is 16.5. The van der Waals surface area contributed by atoms with E-state index in [0.717, 1.165) is 31.3 Å². The number of ether oxygens (including phenoxy) is 1. The first-order chi connectivity index (χ1) is 12.3. The Hall–Kier alpha value is -1.05. The summed E-state index contributed by atoms with van der Waals surface area (Å²) in [5.41, 5.74) is 0.891. The lowest BCUT2D eigenvalue weighted by molar-refractivity contribution is -0.136. The molecule has 0 rings (SSSR count). The van der Waals surface area contributed by atoms with E-state index < -0.39 is 0 Å². The molecule has 0 N–H and O–H groups in total. The zero-order valence-corrected chi connectivity index (χ0v) is 17.0. The minimum absolute atomic E-state index is 0.129. The number of allylic oxidation sites excluding steroid dienone is 2. The molecule has 0 aromatic heterocycles. The Morgan fingerprint density at radius 3 is 1.88 bits per heavy atom. The number of hydrogen-bond donors (Lipinski definition) is 0. The normalized spacial score (nSPS) is 11.5. The van der Waals surface area contributed by atoms with Gasteiger partial charge in [-0.15, -0.1) is 6.58 Å². The summed E-state index contributed by atoms with van der Waals surface area (Å²) in [6, 6.07) is 0. The first kappa shape index (κ1) is 23.9. The van der Waals surface area contributed by atoms with Gasteiger partial charge in [0.2, 0.25) is 0 Å². The maximum atomic E-state index is 11.9. The van der Waals surface area contributed by atoms with E-state index in [1.54, 1.807) is 0 Å². The highest BCUT2D eigenvalue weighted by molar-refractivity contribution is 5.88. The average Bonchev–Trinajstić information content (AvgIpc) is 2.63. The van der Waals surface area contributed by atoms with Gasteiger partial charge in [0.1, 0.15) is 0 Å². The number of rotatable bonds is 18. The summed E-state index contributed by atoms with van der Waals surface area (Å²) in [6.07, 6.45) is 23.8. The fraction of sp³-hybridized carbons (Fsp3) is 0.783. The summed E-state index contributed by atoms with van der Waals surface area (Å²) < 4.78 is 4.94. The van der Waals surface area contributed by atoms with Crippen LogP contribution in [-0.2, 0) is 9.53 Å². The molecule has 0 unspecified atom stereocenters. The number of unbranched alkanes of at least 4 members (excludes halogenated alkanes) is 13. The molecule has 0 spiro atoms. The van der Waals surface area contributed by atoms with Crippen LogP contribution in [0.5, 0.6) is 0 Å². The Bertz CT molecular complexity index is 344. The lowest BCUT2D eigenvalue weighted by Gasteiger charge is -2.06. The number of hydrogen-bond acceptors (Lipinski definition) is 2. The van der Waals surface area contributed by atoms with Crippen LogP contribution in [0.15, 0.2) is 24.3 Å². The van der Waals surface area contributed by atoms with Gasteiger partial charge in [-0.05, 0) is 38.5 Å². The topological polar surface area (TPSA) is 26.3 Å². The van der Waals surface area contributed by atoms with Crippen molar-refractivity contribution in [3.05, 3.63) is 24.3 Å². The molecule has 0 heterocycles. The fourth-order valence-corrected chi connectivity index (χ4v) is 3.11. The van der Waals surface area contributed by atoms with Crippen LogP contribution in [0.25, 0.3) is 0 Å². The molecule has 25 heavy (non-hydrogen) atoms. The van der Waals surface area contributed by atoms with E-state index in [0.29, 0.717) is 0 Å². The summed E-state index contributed by atoms with van der Waals surface area (Å²) >= 11 is 0. The Balaban J connectivity index is 3.79. The number of methoxy groups -OCH3 is 1. The minimum atomic E-state index is -0.129. The average molecular weight is 351 g/mol. The van der Waals surface area contributed by atoms with E-state index in [4.69, 9.17) is 4.74 Å². The molecule has 146 valence electrons. The fourth-order valence-electron chi connectivity index (χ4n) is 3.11. The zero-order chi connectivity index (χ0) is 18.6. The highest BCUT2D eigenvalue weighted by Gasteiger charge is 2.08. The van der Waals surface area contributed by atoms with Crippen molar-refractivity contribution in [2.45, 2.75) is 110 Å². The Labute approximate surface area is 157 Å². The molecule has 0 aromatic carbocycles. The third kappa shape index (κ3) is 16.2. The SMILES string of the molecule is C=CCCCCCCCCC/C(=C\CCCCCCCC)C(=O)OC. The molecular weight excluding hydrogens is 308 g/mol. The quantitative estimate of drug-likeness (QED) is 0.110. The molecule has 0 bridgehead atoms. The van der Waals surface area contributed by atoms with Gasteiger partial charge in [0.15, 0.2) is 0 Å². The summed E-state index contributed by atoms with van der Waals surface area (Å²) in [5, 5.41) is 0. The van der Waals surface area contributed by atoms with Crippen LogP contribution < -0.4 is 0 Å². The van der Waals surface area contributed by atoms with Crippen LogP contribution in [0.3, 0.4) is 0 Å². The van der Waals surface area contributed by atoms with Crippen LogP contribution in [0, 0.1) is 0 Å². The Kier molecular flexibility index (Phi) is 18.5. The van der Waals surface area contributed by atoms with Gasteiger partial charge in [-0.25, -0.2) is 4.79 Å². The van der Waals surface area contributed by atoms with Crippen LogP contribution in [0.2, 0.25) is 0 Å². The third-order valence-corrected chi connectivity index (χ3v) is 4.75. The molecule has 0 aliphatic rings. The molecule has 0 saturated carbocycles. The molecule has 0 aliphatic heterocycles. The zero-order valence-electron chi connectivity index (χ0n) is 17.0. The molecular formula is C23H42O2. The maximum absolute atomic E-state index is 11.9. The number of carbonyl (C=O) groups is 1. The van der Waals surface area contributed by atoms with Gasteiger partial charge in [0.05, 0.1) is 7.11 Å². The van der Waals surface area contributed by atoms with E-state index in [-0.39, 0.29) is 5.97 Å². The van der Waals surface area contributed by atoms with Gasteiger partial charge in [0.25, 0.3) is 0 Å². The predicted molar refractivity (Wildman–Crippen MR) is 110 cm³/mol. The van der Waals surface area contributed by atoms with E-state index in [1.165, 1.54) is 84.2 Å². The highest BCUT2D eigenvalue weighted by Crippen LogP contribution is 2.16. The van der Waals surface area contributed by atoms with Gasteiger partial charge in [0, 0.05) is 5.57 Å². The lowest BCUT2D eigenvalue weighted by Crippen LogP contribution is -2.05. The van der Waals surface area contributed by atoms with Gasteiger partial charge < -0.3 is 4.74 Å². The minimum Gasteiger partial charge on any atom is -0.466 e. The largest absolute Gasteiger partial charge is 0.466 e. The van der Waals surface area contributed by atoms with Crippen molar-refractivity contribution in [1.29, 1.82) is 0 Å². The van der Waals surface area contributed by atoms with Crippen molar-refractivity contribution >= 4 is 5.97 Å². The van der Waals surface area contributed by atoms with Gasteiger partial charge in [-0.2, -0.15) is 0 Å². The molecule has 0 amide bonds. The van der Waals surface area contributed by atoms with Crippen LogP contribution in [0.1, 0.15) is 110 Å². The van der Waals surface area contributed by atoms with Crippen LogP contribution in [-0.4, -0.2) is 13.1 Å². The summed E-state index contributed by atoms with van der Waals surface area (Å²) in [4.78, 5) is 11.9. The number of esters is 1. The second-order valence-electron chi connectivity index (χ2n) is 7.08. The van der Waals surface area contributed by atoms with Crippen molar-refractivity contribution in [3.8, 4) is 0 Å². The van der Waals surface area contributed by atoms with E-state index in [9.17, 15) is 4.79 Å². The Morgan fingerprint density at radius 2 is 1.32 bits per heavy atom. The van der Waals surface area contributed by atoms with Crippen molar-refractivity contribution in [3.63, 3.8) is 0 Å². The summed E-state index contributed by atoms with van der Waals surface area (Å²) in [7, 11) is 1.49. The van der Waals surface area contributed by atoms with Crippen molar-refractivity contribution < 1.29 is 9.53 Å². The van der Waals surface area contributed by atoms with Gasteiger partial charge in [-0.1, -0.05) is 83.3 Å². The first-order valence-corrected chi connectivity index (χ1v) is 10.6. The van der Waals surface area contributed by atoms with Crippen molar-refractivity contribution in [1.82, 2.24) is 0 Å². The molecule has 0 aliphatic carbocycles. The van der Waals surface area contributed by atoms with Crippen molar-refractivity contribution in [2.75, 3.05) is 7.11 Å². The molecule has 2 nitrogen and oxygen atoms in total. The third-order valence-electron chi connectivity index (χ3n) is 4.75. The molecule has 0 aromatic rings. The van der Waals surface area contributed by atoms with Crippen molar-refractivity contribution in [2.24, 2.45) is 0 Å². The second kappa shape index (κ2) is 19.3. The standard InChI is InChI=1S/C23H42O2/c1-4-6-8-10-12-13-15-17-19-21-22(23(24)25-3)20-18-16-14-11-9-7-5-2/h4,20H,1,5-19,21H2,2-3H3/b22-20+. The van der Waals surface area contributed by atoms with E-state index in [2.05, 4.69) is 19.6 Å². The maximum Gasteiger partial charge on any atom is 0.333 e. The summed E-state index contributed by atoms with van der Waals surface area (Å²) in [6.45, 7) is 6.00. The predicted octanol–water partition coefficient (Wildman–Crippen LogP) is 7.53. The monoisotopic (exact) mass is 350 g/mol. The molecule has 0 saturated heterocycles. The lowest BCUT2D eigenvalue weighted by atomic mass is 10.0. The number of carbonyl (C=O) groups excluding carboxylic acids is 1. The first-order valence-electron chi connectivity index (χ1n) is 10.6. The van der Waals surface area contributed by atoms with Gasteiger partial charge in [-0.3, -0.25) is 0 Å². The van der Waals surface area contributed by atoms with Crippen LogP contribution in [0.4, 0.5) is 0 Å². The van der Waals surface area contributed by atoms with Gasteiger partial charge >= 0.3 is 5.97 Å². The molecule has 0 fully saturated rings. The van der Waals surface area contributed by atoms with E-state index >= 15 is 0 Å². The molecule has 0 atom stereocenters. The smallest absolute Gasteiger partial charge is 0.333 e. The Morgan fingerprint density at radius 1 is 0.800 bits per heavy atom. The van der Waals surface area contributed by atoms with Crippen LogP contribution >= 0.6 is 0 Å². The molecule has 0 radical (unpaired) electrons.